The fraction of sp³-hybridized carbons (Fsp3) is 0.667. The molecule has 2 heterocycles. The molecule has 1 saturated heterocycles. The van der Waals surface area contributed by atoms with Gasteiger partial charge in [-0.05, 0) is 50.4 Å². The molecule has 3 nitrogen and oxygen atoms in total. The molecule has 1 aromatic heterocycles. The summed E-state index contributed by atoms with van der Waals surface area (Å²) in [4.78, 5) is 6.75. The van der Waals surface area contributed by atoms with E-state index < -0.39 is 0 Å². The summed E-state index contributed by atoms with van der Waals surface area (Å²) in [5.41, 5.74) is 2.36. The largest absolute Gasteiger partial charge is 0.396 e. The second-order valence-corrected chi connectivity index (χ2v) is 4.71. The van der Waals surface area contributed by atoms with Crippen molar-refractivity contribution in [1.29, 1.82) is 0 Å². The number of aromatic nitrogens is 1. The van der Waals surface area contributed by atoms with Gasteiger partial charge in [0.2, 0.25) is 0 Å². The SMILES string of the molecule is CC.Cc1ccc(CN2CCC(CO)CC2)cn1. The molecule has 0 aromatic carbocycles. The molecule has 1 aliphatic heterocycles. The van der Waals surface area contributed by atoms with Gasteiger partial charge in [-0.1, -0.05) is 19.9 Å². The summed E-state index contributed by atoms with van der Waals surface area (Å²) in [6, 6.07) is 4.22. The predicted octanol–water partition coefficient (Wildman–Crippen LogP) is 2.62. The first-order chi connectivity index (χ1) is 8.78. The normalized spacial score (nSPS) is 17.1. The second-order valence-electron chi connectivity index (χ2n) is 4.71. The van der Waals surface area contributed by atoms with Gasteiger partial charge < -0.3 is 5.11 Å². The Hall–Kier alpha value is -0.930. The van der Waals surface area contributed by atoms with Crippen LogP contribution in [0, 0.1) is 12.8 Å². The Labute approximate surface area is 111 Å². The number of aliphatic hydroxyl groups excluding tert-OH is 1. The first-order valence-electron chi connectivity index (χ1n) is 7.02. The summed E-state index contributed by atoms with van der Waals surface area (Å²) in [7, 11) is 0. The Morgan fingerprint density at radius 1 is 1.28 bits per heavy atom. The highest BCUT2D eigenvalue weighted by Gasteiger charge is 2.18. The fourth-order valence-electron chi connectivity index (χ4n) is 2.18. The molecule has 0 spiro atoms. The zero-order chi connectivity index (χ0) is 13.4. The fourth-order valence-corrected chi connectivity index (χ4v) is 2.18. The zero-order valence-electron chi connectivity index (χ0n) is 11.9. The average molecular weight is 250 g/mol. The standard InChI is InChI=1S/C13H20N2O.C2H6/c1-11-2-3-13(8-14-11)9-15-6-4-12(10-16)5-7-15;1-2/h2-3,8,12,16H,4-7,9-10H2,1H3;1-2H3. The van der Waals surface area contributed by atoms with Crippen LogP contribution >= 0.6 is 0 Å². The van der Waals surface area contributed by atoms with Crippen LogP contribution in [0.2, 0.25) is 0 Å². The van der Waals surface area contributed by atoms with Crippen LogP contribution in [0.3, 0.4) is 0 Å². The molecule has 0 aliphatic carbocycles. The maximum absolute atomic E-state index is 9.07. The first kappa shape index (κ1) is 15.1. The van der Waals surface area contributed by atoms with E-state index in [1.165, 1.54) is 5.56 Å². The third-order valence-corrected chi connectivity index (χ3v) is 3.34. The first-order valence-corrected chi connectivity index (χ1v) is 7.02. The quantitative estimate of drug-likeness (QED) is 0.896. The minimum absolute atomic E-state index is 0.347. The van der Waals surface area contributed by atoms with Gasteiger partial charge in [0, 0.05) is 25.0 Å². The maximum atomic E-state index is 9.07. The molecular weight excluding hydrogens is 224 g/mol. The highest BCUT2D eigenvalue weighted by atomic mass is 16.3. The Balaban J connectivity index is 0.000000771. The smallest absolute Gasteiger partial charge is 0.0460 e. The lowest BCUT2D eigenvalue weighted by Crippen LogP contribution is -2.34. The second kappa shape index (κ2) is 8.22. The summed E-state index contributed by atoms with van der Waals surface area (Å²) in [5.74, 6) is 0.521. The van der Waals surface area contributed by atoms with Gasteiger partial charge in [0.1, 0.15) is 0 Å². The van der Waals surface area contributed by atoms with E-state index in [2.05, 4.69) is 22.0 Å². The van der Waals surface area contributed by atoms with Gasteiger partial charge in [-0.15, -0.1) is 0 Å². The van der Waals surface area contributed by atoms with Crippen molar-refractivity contribution in [1.82, 2.24) is 9.88 Å². The molecule has 0 amide bonds. The van der Waals surface area contributed by atoms with E-state index in [0.717, 1.165) is 38.2 Å². The molecule has 0 atom stereocenters. The molecule has 1 aromatic rings. The van der Waals surface area contributed by atoms with Crippen LogP contribution in [0.5, 0.6) is 0 Å². The Bertz CT molecular complexity index is 316. The van der Waals surface area contributed by atoms with E-state index in [-0.39, 0.29) is 0 Å². The van der Waals surface area contributed by atoms with Crippen molar-refractivity contribution in [2.75, 3.05) is 19.7 Å². The van der Waals surface area contributed by atoms with E-state index in [1.807, 2.05) is 27.0 Å². The number of hydrogen-bond acceptors (Lipinski definition) is 3. The molecule has 0 bridgehead atoms. The van der Waals surface area contributed by atoms with Crippen molar-refractivity contribution in [3.8, 4) is 0 Å². The third kappa shape index (κ3) is 4.75. The molecule has 18 heavy (non-hydrogen) atoms. The third-order valence-electron chi connectivity index (χ3n) is 3.34. The summed E-state index contributed by atoms with van der Waals surface area (Å²) in [6.07, 6.45) is 4.21. The van der Waals surface area contributed by atoms with Gasteiger partial charge in [0.15, 0.2) is 0 Å². The zero-order valence-corrected chi connectivity index (χ0v) is 11.9. The number of aryl methyl sites for hydroxylation is 1. The predicted molar refractivity (Wildman–Crippen MR) is 75.4 cm³/mol. The van der Waals surface area contributed by atoms with Gasteiger partial charge >= 0.3 is 0 Å². The molecular formula is C15H26N2O. The van der Waals surface area contributed by atoms with Crippen LogP contribution in [-0.4, -0.2) is 34.7 Å². The Kier molecular flexibility index (Phi) is 6.91. The van der Waals surface area contributed by atoms with Crippen molar-refractivity contribution < 1.29 is 5.11 Å². The molecule has 1 N–H and O–H groups in total. The van der Waals surface area contributed by atoms with Crippen molar-refractivity contribution in [2.45, 2.75) is 40.2 Å². The van der Waals surface area contributed by atoms with E-state index in [4.69, 9.17) is 5.11 Å². The van der Waals surface area contributed by atoms with Gasteiger partial charge in [0.05, 0.1) is 0 Å². The Morgan fingerprint density at radius 3 is 2.44 bits per heavy atom. The monoisotopic (exact) mass is 250 g/mol. The van der Waals surface area contributed by atoms with E-state index >= 15 is 0 Å². The summed E-state index contributed by atoms with van der Waals surface area (Å²) in [5, 5.41) is 9.07. The molecule has 1 fully saturated rings. The number of hydrogen-bond donors (Lipinski definition) is 1. The van der Waals surface area contributed by atoms with E-state index in [0.29, 0.717) is 12.5 Å². The molecule has 0 radical (unpaired) electrons. The highest BCUT2D eigenvalue weighted by molar-refractivity contribution is 5.13. The van der Waals surface area contributed by atoms with E-state index in [9.17, 15) is 0 Å². The van der Waals surface area contributed by atoms with Crippen LogP contribution < -0.4 is 0 Å². The lowest BCUT2D eigenvalue weighted by atomic mass is 9.97. The minimum atomic E-state index is 0.347. The summed E-state index contributed by atoms with van der Waals surface area (Å²) >= 11 is 0. The number of likely N-dealkylation sites (tertiary alicyclic amines) is 1. The molecule has 0 saturated carbocycles. The Morgan fingerprint density at radius 2 is 1.94 bits per heavy atom. The van der Waals surface area contributed by atoms with Crippen molar-refractivity contribution in [3.05, 3.63) is 29.6 Å². The number of nitrogens with zero attached hydrogens (tertiary/aromatic N) is 2. The molecule has 3 heteroatoms. The molecule has 0 unspecified atom stereocenters. The van der Waals surface area contributed by atoms with Crippen LogP contribution in [-0.2, 0) is 6.54 Å². The highest BCUT2D eigenvalue weighted by Crippen LogP contribution is 2.18. The van der Waals surface area contributed by atoms with Gasteiger partial charge in [-0.2, -0.15) is 0 Å². The maximum Gasteiger partial charge on any atom is 0.0460 e. The molecule has 1 aliphatic rings. The number of aliphatic hydroxyl groups is 1. The van der Waals surface area contributed by atoms with Crippen molar-refractivity contribution >= 4 is 0 Å². The summed E-state index contributed by atoms with van der Waals surface area (Å²) < 4.78 is 0. The summed E-state index contributed by atoms with van der Waals surface area (Å²) in [6.45, 7) is 9.54. The van der Waals surface area contributed by atoms with Gasteiger partial charge in [0.25, 0.3) is 0 Å². The lowest BCUT2D eigenvalue weighted by molar-refractivity contribution is 0.127. The number of rotatable bonds is 3. The van der Waals surface area contributed by atoms with Crippen LogP contribution in [0.4, 0.5) is 0 Å². The lowest BCUT2D eigenvalue weighted by Gasteiger charge is -2.30. The number of piperidine rings is 1. The van der Waals surface area contributed by atoms with Gasteiger partial charge in [-0.25, -0.2) is 0 Å². The van der Waals surface area contributed by atoms with E-state index in [1.54, 1.807) is 0 Å². The molecule has 102 valence electrons. The van der Waals surface area contributed by atoms with Crippen molar-refractivity contribution in [2.24, 2.45) is 5.92 Å². The average Bonchev–Trinajstić information content (AvgIpc) is 2.44. The van der Waals surface area contributed by atoms with Crippen LogP contribution in [0.15, 0.2) is 18.3 Å². The van der Waals surface area contributed by atoms with Crippen molar-refractivity contribution in [3.63, 3.8) is 0 Å². The topological polar surface area (TPSA) is 36.4 Å². The van der Waals surface area contributed by atoms with Crippen LogP contribution in [0.25, 0.3) is 0 Å². The minimum Gasteiger partial charge on any atom is -0.396 e. The number of pyridine rings is 1. The van der Waals surface area contributed by atoms with Gasteiger partial charge in [-0.3, -0.25) is 9.88 Å². The molecule has 2 rings (SSSR count). The van der Waals surface area contributed by atoms with Crippen LogP contribution in [0.1, 0.15) is 37.9 Å².